The van der Waals surface area contributed by atoms with Gasteiger partial charge < -0.3 is 5.32 Å². The van der Waals surface area contributed by atoms with E-state index in [0.29, 0.717) is 19.3 Å². The highest BCUT2D eigenvalue weighted by molar-refractivity contribution is 7.89. The van der Waals surface area contributed by atoms with Gasteiger partial charge in [0.2, 0.25) is 15.9 Å². The summed E-state index contributed by atoms with van der Waals surface area (Å²) in [4.78, 5) is 12.8. The minimum atomic E-state index is -3.92. The number of rotatable bonds is 8. The van der Waals surface area contributed by atoms with Gasteiger partial charge in [-0.25, -0.2) is 8.42 Å². The standard InChI is InChI=1S/C22H25N3O3S/c1-16(2)13-20(21(26)24-22(15-23)11-12-22)25-29(27,28)19-10-6-9-18(14-19)17-7-4-3-5-8-17/h3-10,14,16,20,25H,11-13H2,1-2H3,(H,24,26)/t20-/m0/s1. The van der Waals surface area contributed by atoms with Crippen LogP contribution in [0.2, 0.25) is 0 Å². The van der Waals surface area contributed by atoms with Crippen LogP contribution in [-0.4, -0.2) is 25.9 Å². The number of nitriles is 1. The van der Waals surface area contributed by atoms with Crippen LogP contribution >= 0.6 is 0 Å². The minimum Gasteiger partial charge on any atom is -0.336 e. The van der Waals surface area contributed by atoms with Crippen LogP contribution in [0.4, 0.5) is 0 Å². The van der Waals surface area contributed by atoms with Crippen LogP contribution in [0.25, 0.3) is 11.1 Å². The SMILES string of the molecule is CC(C)C[C@H](NS(=O)(=O)c1cccc(-c2ccccc2)c1)C(=O)NC1(C#N)CC1. The van der Waals surface area contributed by atoms with Crippen molar-refractivity contribution in [3.05, 3.63) is 54.6 Å². The zero-order valence-electron chi connectivity index (χ0n) is 16.6. The smallest absolute Gasteiger partial charge is 0.241 e. The van der Waals surface area contributed by atoms with Gasteiger partial charge in [0, 0.05) is 0 Å². The van der Waals surface area contributed by atoms with E-state index in [2.05, 4.69) is 16.1 Å². The van der Waals surface area contributed by atoms with Crippen LogP contribution in [0.5, 0.6) is 0 Å². The molecule has 1 atom stereocenters. The number of carbonyl (C=O) groups excluding carboxylic acids is 1. The van der Waals surface area contributed by atoms with Crippen molar-refractivity contribution in [3.63, 3.8) is 0 Å². The van der Waals surface area contributed by atoms with Gasteiger partial charge in [0.05, 0.1) is 11.0 Å². The molecule has 7 heteroatoms. The number of nitrogens with one attached hydrogen (secondary N) is 2. The fourth-order valence-corrected chi connectivity index (χ4v) is 4.38. The molecule has 1 fully saturated rings. The first kappa shape index (κ1) is 21.0. The summed E-state index contributed by atoms with van der Waals surface area (Å²) < 4.78 is 28.6. The largest absolute Gasteiger partial charge is 0.336 e. The summed E-state index contributed by atoms with van der Waals surface area (Å²) in [6, 6.07) is 17.3. The van der Waals surface area contributed by atoms with Gasteiger partial charge >= 0.3 is 0 Å². The predicted molar refractivity (Wildman–Crippen MR) is 111 cm³/mol. The number of nitrogens with zero attached hydrogens (tertiary/aromatic N) is 1. The molecular formula is C22H25N3O3S. The van der Waals surface area contributed by atoms with E-state index in [9.17, 15) is 18.5 Å². The second-order valence-corrected chi connectivity index (χ2v) is 9.59. The number of hydrogen-bond acceptors (Lipinski definition) is 4. The fraction of sp³-hybridized carbons (Fsp3) is 0.364. The number of hydrogen-bond donors (Lipinski definition) is 2. The van der Waals surface area contributed by atoms with E-state index < -0.39 is 27.5 Å². The second kappa shape index (κ2) is 8.36. The van der Waals surface area contributed by atoms with Crippen molar-refractivity contribution in [1.82, 2.24) is 10.0 Å². The lowest BCUT2D eigenvalue weighted by Gasteiger charge is -2.22. The lowest BCUT2D eigenvalue weighted by molar-refractivity contribution is -0.123. The minimum absolute atomic E-state index is 0.0985. The van der Waals surface area contributed by atoms with Crippen LogP contribution < -0.4 is 10.0 Å². The zero-order chi connectivity index (χ0) is 21.1. The van der Waals surface area contributed by atoms with E-state index in [1.807, 2.05) is 50.2 Å². The Balaban J connectivity index is 1.83. The molecule has 0 unspecified atom stereocenters. The quantitative estimate of drug-likeness (QED) is 0.697. The van der Waals surface area contributed by atoms with E-state index in [4.69, 9.17) is 0 Å². The first-order valence-electron chi connectivity index (χ1n) is 9.66. The highest BCUT2D eigenvalue weighted by atomic mass is 32.2. The molecule has 6 nitrogen and oxygen atoms in total. The van der Waals surface area contributed by atoms with Gasteiger partial charge in [-0.1, -0.05) is 56.3 Å². The summed E-state index contributed by atoms with van der Waals surface area (Å²) in [7, 11) is -3.92. The highest BCUT2D eigenvalue weighted by Crippen LogP contribution is 2.34. The molecule has 1 aliphatic carbocycles. The van der Waals surface area contributed by atoms with E-state index in [1.54, 1.807) is 12.1 Å². The van der Waals surface area contributed by atoms with Crippen molar-refractivity contribution < 1.29 is 13.2 Å². The van der Waals surface area contributed by atoms with Crippen molar-refractivity contribution in [2.45, 2.75) is 49.6 Å². The molecule has 152 valence electrons. The van der Waals surface area contributed by atoms with E-state index in [1.165, 1.54) is 6.07 Å². The highest BCUT2D eigenvalue weighted by Gasteiger charge is 2.46. The number of carbonyl (C=O) groups is 1. The Labute approximate surface area is 172 Å². The number of sulfonamides is 1. The van der Waals surface area contributed by atoms with Gasteiger partial charge in [0.25, 0.3) is 0 Å². The maximum atomic E-state index is 13.0. The van der Waals surface area contributed by atoms with Crippen LogP contribution in [0.15, 0.2) is 59.5 Å². The molecule has 0 heterocycles. The topological polar surface area (TPSA) is 99.1 Å². The predicted octanol–water partition coefficient (Wildman–Crippen LogP) is 3.22. The Kier molecular flexibility index (Phi) is 6.06. The molecule has 0 saturated heterocycles. The van der Waals surface area contributed by atoms with Gasteiger partial charge in [-0.3, -0.25) is 4.79 Å². The third kappa shape index (κ3) is 5.22. The molecule has 1 aliphatic rings. The van der Waals surface area contributed by atoms with Crippen molar-refractivity contribution in [2.24, 2.45) is 5.92 Å². The summed E-state index contributed by atoms with van der Waals surface area (Å²) in [5.41, 5.74) is 0.843. The normalized spacial score (nSPS) is 16.1. The van der Waals surface area contributed by atoms with E-state index in [-0.39, 0.29) is 10.8 Å². The molecule has 0 spiro atoms. The molecule has 29 heavy (non-hydrogen) atoms. The number of benzene rings is 2. The molecule has 1 saturated carbocycles. The van der Waals surface area contributed by atoms with Crippen molar-refractivity contribution in [2.75, 3.05) is 0 Å². The summed E-state index contributed by atoms with van der Waals surface area (Å²) in [5.74, 6) is -0.359. The molecule has 0 bridgehead atoms. The van der Waals surface area contributed by atoms with Crippen LogP contribution in [0.3, 0.4) is 0 Å². The monoisotopic (exact) mass is 411 g/mol. The molecule has 2 aromatic carbocycles. The van der Waals surface area contributed by atoms with Gasteiger partial charge in [-0.15, -0.1) is 0 Å². The fourth-order valence-electron chi connectivity index (χ4n) is 3.12. The van der Waals surface area contributed by atoms with E-state index in [0.717, 1.165) is 11.1 Å². The molecule has 0 radical (unpaired) electrons. The van der Waals surface area contributed by atoms with Crippen molar-refractivity contribution in [1.29, 1.82) is 5.26 Å². The number of amides is 1. The first-order chi connectivity index (χ1) is 13.7. The van der Waals surface area contributed by atoms with Crippen LogP contribution in [0, 0.1) is 17.2 Å². The molecule has 3 rings (SSSR count). The summed E-state index contributed by atoms with van der Waals surface area (Å²) >= 11 is 0. The average Bonchev–Trinajstić information content (AvgIpc) is 3.47. The average molecular weight is 412 g/mol. The molecule has 0 aliphatic heterocycles. The lowest BCUT2D eigenvalue weighted by atomic mass is 10.0. The molecular weight excluding hydrogens is 386 g/mol. The Morgan fingerprint density at radius 2 is 1.76 bits per heavy atom. The first-order valence-corrected chi connectivity index (χ1v) is 11.1. The van der Waals surface area contributed by atoms with Gasteiger partial charge in [-0.2, -0.15) is 9.98 Å². The van der Waals surface area contributed by atoms with Crippen molar-refractivity contribution >= 4 is 15.9 Å². The Morgan fingerprint density at radius 1 is 1.10 bits per heavy atom. The second-order valence-electron chi connectivity index (χ2n) is 7.88. The maximum absolute atomic E-state index is 13.0. The Bertz CT molecular complexity index is 1020. The molecule has 0 aromatic heterocycles. The third-order valence-corrected chi connectivity index (χ3v) is 6.37. The summed E-state index contributed by atoms with van der Waals surface area (Å²) in [6.07, 6.45) is 1.52. The van der Waals surface area contributed by atoms with Gasteiger partial charge in [0.15, 0.2) is 0 Å². The Hall–Kier alpha value is -2.69. The molecule has 2 aromatic rings. The van der Waals surface area contributed by atoms with Gasteiger partial charge in [0.1, 0.15) is 11.6 Å². The summed E-state index contributed by atoms with van der Waals surface area (Å²) in [6.45, 7) is 3.84. The zero-order valence-corrected chi connectivity index (χ0v) is 17.4. The van der Waals surface area contributed by atoms with Crippen LogP contribution in [-0.2, 0) is 14.8 Å². The Morgan fingerprint density at radius 3 is 2.34 bits per heavy atom. The maximum Gasteiger partial charge on any atom is 0.241 e. The van der Waals surface area contributed by atoms with Crippen molar-refractivity contribution in [3.8, 4) is 17.2 Å². The molecule has 2 N–H and O–H groups in total. The van der Waals surface area contributed by atoms with E-state index >= 15 is 0 Å². The summed E-state index contributed by atoms with van der Waals surface area (Å²) in [5, 5.41) is 11.9. The third-order valence-electron chi connectivity index (χ3n) is 4.90. The lowest BCUT2D eigenvalue weighted by Crippen LogP contribution is -2.50. The van der Waals surface area contributed by atoms with Gasteiger partial charge in [-0.05, 0) is 48.4 Å². The van der Waals surface area contributed by atoms with Crippen LogP contribution in [0.1, 0.15) is 33.1 Å². The molecule has 1 amide bonds.